The Hall–Kier alpha value is -2.80. The summed E-state index contributed by atoms with van der Waals surface area (Å²) in [7, 11) is 0. The van der Waals surface area contributed by atoms with Gasteiger partial charge in [-0.1, -0.05) is 41.9 Å². The first-order chi connectivity index (χ1) is 12.2. The molecule has 0 amide bonds. The van der Waals surface area contributed by atoms with Gasteiger partial charge in [0.25, 0.3) is 5.56 Å². The average molecular weight is 338 g/mol. The zero-order chi connectivity index (χ0) is 17.2. The number of ketones is 1. The van der Waals surface area contributed by atoms with Gasteiger partial charge in [-0.3, -0.25) is 14.5 Å². The van der Waals surface area contributed by atoms with Crippen molar-refractivity contribution < 1.29 is 9.32 Å². The number of nitrogens with one attached hydrogen (secondary N) is 1. The van der Waals surface area contributed by atoms with Gasteiger partial charge in [-0.15, -0.1) is 0 Å². The van der Waals surface area contributed by atoms with Crippen molar-refractivity contribution in [1.29, 1.82) is 0 Å². The molecular formula is C18H18N4O3. The molecule has 1 N–H and O–H groups in total. The van der Waals surface area contributed by atoms with Crippen molar-refractivity contribution in [3.8, 4) is 0 Å². The summed E-state index contributed by atoms with van der Waals surface area (Å²) < 4.78 is 5.16. The average Bonchev–Trinajstić information content (AvgIpc) is 3.07. The number of aromatic nitrogens is 3. The van der Waals surface area contributed by atoms with Crippen LogP contribution in [0.1, 0.15) is 41.2 Å². The van der Waals surface area contributed by atoms with Gasteiger partial charge in [0, 0.05) is 5.56 Å². The summed E-state index contributed by atoms with van der Waals surface area (Å²) in [4.78, 5) is 34.4. The van der Waals surface area contributed by atoms with Gasteiger partial charge < -0.3 is 9.51 Å². The minimum Gasteiger partial charge on any atom is -0.349 e. The molecule has 1 aromatic carbocycles. The molecule has 0 atom stereocenters. The van der Waals surface area contributed by atoms with Gasteiger partial charge in [0.15, 0.2) is 5.52 Å². The van der Waals surface area contributed by atoms with Crippen LogP contribution in [-0.2, 0) is 6.54 Å². The van der Waals surface area contributed by atoms with Gasteiger partial charge in [0.2, 0.25) is 11.5 Å². The molecule has 4 rings (SSSR count). The Morgan fingerprint density at radius 2 is 1.88 bits per heavy atom. The first-order valence-electron chi connectivity index (χ1n) is 8.43. The lowest BCUT2D eigenvalue weighted by Crippen LogP contribution is -2.30. The third kappa shape index (κ3) is 3.10. The number of benzene rings is 1. The number of carbonyl (C=O) groups excluding carboxylic acids is 1. The van der Waals surface area contributed by atoms with Gasteiger partial charge in [0.1, 0.15) is 11.3 Å². The molecule has 0 aliphatic carbocycles. The molecule has 1 aliphatic heterocycles. The lowest BCUT2D eigenvalue weighted by atomic mass is 10.1. The van der Waals surface area contributed by atoms with Crippen LogP contribution in [0.3, 0.4) is 0 Å². The van der Waals surface area contributed by atoms with Crippen LogP contribution in [0.15, 0.2) is 39.6 Å². The maximum Gasteiger partial charge on any atom is 0.281 e. The smallest absolute Gasteiger partial charge is 0.281 e. The Kier molecular flexibility index (Phi) is 4.15. The molecule has 7 heteroatoms. The molecule has 7 nitrogen and oxygen atoms in total. The van der Waals surface area contributed by atoms with E-state index in [4.69, 9.17) is 4.52 Å². The molecule has 0 unspecified atom stereocenters. The third-order valence-electron chi connectivity index (χ3n) is 4.45. The van der Waals surface area contributed by atoms with Crippen molar-refractivity contribution in [2.45, 2.75) is 25.8 Å². The maximum absolute atomic E-state index is 12.6. The molecule has 1 fully saturated rings. The Morgan fingerprint density at radius 1 is 1.12 bits per heavy atom. The first kappa shape index (κ1) is 15.7. The second kappa shape index (κ2) is 6.60. The summed E-state index contributed by atoms with van der Waals surface area (Å²) in [5, 5.41) is 3.74. The van der Waals surface area contributed by atoms with Crippen LogP contribution in [-0.4, -0.2) is 38.9 Å². The molecular weight excluding hydrogens is 320 g/mol. The van der Waals surface area contributed by atoms with Crippen LogP contribution < -0.4 is 5.56 Å². The van der Waals surface area contributed by atoms with E-state index in [-0.39, 0.29) is 28.1 Å². The number of rotatable bonds is 4. The van der Waals surface area contributed by atoms with Gasteiger partial charge in [-0.2, -0.15) is 0 Å². The summed E-state index contributed by atoms with van der Waals surface area (Å²) in [6.07, 6.45) is 3.54. The highest BCUT2D eigenvalue weighted by Gasteiger charge is 2.22. The van der Waals surface area contributed by atoms with E-state index >= 15 is 0 Å². The van der Waals surface area contributed by atoms with E-state index in [1.54, 1.807) is 24.3 Å². The van der Waals surface area contributed by atoms with E-state index in [1.807, 2.05) is 6.07 Å². The number of fused-ring (bicyclic) bond motifs is 1. The van der Waals surface area contributed by atoms with E-state index in [0.717, 1.165) is 25.9 Å². The number of H-pyrrole nitrogens is 1. The SMILES string of the molecule is O=C(c1ccccc1)c1onc2c(=O)[nH]c(CN3CCCCC3)nc12. The molecule has 0 bridgehead atoms. The summed E-state index contributed by atoms with van der Waals surface area (Å²) in [6, 6.07) is 8.76. The quantitative estimate of drug-likeness (QED) is 0.733. The number of hydrogen-bond donors (Lipinski definition) is 1. The predicted octanol–water partition coefficient (Wildman–Crippen LogP) is 2.13. The number of piperidine rings is 1. The topological polar surface area (TPSA) is 92.1 Å². The fourth-order valence-electron chi connectivity index (χ4n) is 3.16. The summed E-state index contributed by atoms with van der Waals surface area (Å²) >= 11 is 0. The molecule has 0 radical (unpaired) electrons. The second-order valence-corrected chi connectivity index (χ2v) is 6.25. The number of likely N-dealkylation sites (tertiary alicyclic amines) is 1. The van der Waals surface area contributed by atoms with Crippen LogP contribution in [0.2, 0.25) is 0 Å². The molecule has 128 valence electrons. The molecule has 3 heterocycles. The minimum atomic E-state index is -0.382. The van der Waals surface area contributed by atoms with E-state index in [9.17, 15) is 9.59 Å². The zero-order valence-electron chi connectivity index (χ0n) is 13.7. The number of hydrogen-bond acceptors (Lipinski definition) is 6. The van der Waals surface area contributed by atoms with Crippen LogP contribution in [0, 0.1) is 0 Å². The van der Waals surface area contributed by atoms with Gasteiger partial charge >= 0.3 is 0 Å². The highest BCUT2D eigenvalue weighted by atomic mass is 16.5. The van der Waals surface area contributed by atoms with E-state index in [2.05, 4.69) is 20.0 Å². The fraction of sp³-hybridized carbons (Fsp3) is 0.333. The van der Waals surface area contributed by atoms with Crippen molar-refractivity contribution in [3.63, 3.8) is 0 Å². The van der Waals surface area contributed by atoms with Crippen molar-refractivity contribution in [2.75, 3.05) is 13.1 Å². The lowest BCUT2D eigenvalue weighted by molar-refractivity contribution is 0.100. The molecule has 0 saturated carbocycles. The lowest BCUT2D eigenvalue weighted by Gasteiger charge is -2.25. The van der Waals surface area contributed by atoms with E-state index in [1.165, 1.54) is 6.42 Å². The largest absolute Gasteiger partial charge is 0.349 e. The van der Waals surface area contributed by atoms with Crippen LogP contribution >= 0.6 is 0 Å². The van der Waals surface area contributed by atoms with Gasteiger partial charge in [-0.05, 0) is 25.9 Å². The summed E-state index contributed by atoms with van der Waals surface area (Å²) in [5.74, 6) is 0.210. The van der Waals surface area contributed by atoms with Gasteiger partial charge in [0.05, 0.1) is 6.54 Å². The van der Waals surface area contributed by atoms with Gasteiger partial charge in [-0.25, -0.2) is 4.98 Å². The Balaban J connectivity index is 1.71. The molecule has 3 aromatic rings. The first-order valence-corrected chi connectivity index (χ1v) is 8.43. The van der Waals surface area contributed by atoms with E-state index in [0.29, 0.717) is 17.9 Å². The Morgan fingerprint density at radius 3 is 2.64 bits per heavy atom. The highest BCUT2D eigenvalue weighted by Crippen LogP contribution is 2.18. The van der Waals surface area contributed by atoms with Crippen LogP contribution in [0.5, 0.6) is 0 Å². The standard InChI is InChI=1S/C18H18N4O3/c23-16(12-7-3-1-4-8-12)17-14-15(21-25-17)18(24)20-13(19-14)11-22-9-5-2-6-10-22/h1,3-4,7-8H,2,5-6,9-11H2,(H,19,20,24). The zero-order valence-corrected chi connectivity index (χ0v) is 13.7. The van der Waals surface area contributed by atoms with Crippen LogP contribution in [0.25, 0.3) is 11.0 Å². The Bertz CT molecular complexity index is 955. The summed E-state index contributed by atoms with van der Waals surface area (Å²) in [6.45, 7) is 2.53. The number of aromatic amines is 1. The van der Waals surface area contributed by atoms with Crippen molar-refractivity contribution in [3.05, 3.63) is 57.8 Å². The number of carbonyl (C=O) groups is 1. The van der Waals surface area contributed by atoms with Crippen molar-refractivity contribution in [2.24, 2.45) is 0 Å². The fourth-order valence-corrected chi connectivity index (χ4v) is 3.16. The van der Waals surface area contributed by atoms with Crippen molar-refractivity contribution >= 4 is 16.8 Å². The maximum atomic E-state index is 12.6. The highest BCUT2D eigenvalue weighted by molar-refractivity contribution is 6.12. The third-order valence-corrected chi connectivity index (χ3v) is 4.45. The van der Waals surface area contributed by atoms with E-state index < -0.39 is 0 Å². The molecule has 0 spiro atoms. The molecule has 1 aliphatic rings. The number of nitrogens with zero attached hydrogens (tertiary/aromatic N) is 3. The minimum absolute atomic E-state index is 0.00666. The summed E-state index contributed by atoms with van der Waals surface area (Å²) in [5.41, 5.74) is 0.374. The molecule has 25 heavy (non-hydrogen) atoms. The van der Waals surface area contributed by atoms with Crippen molar-refractivity contribution in [1.82, 2.24) is 20.0 Å². The Labute approximate surface area is 143 Å². The molecule has 1 saturated heterocycles. The monoisotopic (exact) mass is 338 g/mol. The predicted molar refractivity (Wildman–Crippen MR) is 91.4 cm³/mol. The second-order valence-electron chi connectivity index (χ2n) is 6.25. The van der Waals surface area contributed by atoms with Crippen LogP contribution in [0.4, 0.5) is 0 Å². The molecule has 2 aromatic heterocycles. The normalized spacial score (nSPS) is 15.5.